The highest BCUT2D eigenvalue weighted by Crippen LogP contribution is 2.28. The molecule has 1 saturated heterocycles. The number of aryl methyl sites for hydroxylation is 3. The molecule has 3 rings (SSSR count). The highest BCUT2D eigenvalue weighted by molar-refractivity contribution is 5.83. The topological polar surface area (TPSA) is 51.3 Å². The van der Waals surface area contributed by atoms with Crippen molar-refractivity contribution in [1.29, 1.82) is 0 Å². The molecule has 0 bridgehead atoms. The molecule has 23 heavy (non-hydrogen) atoms. The van der Waals surface area contributed by atoms with Gasteiger partial charge in [-0.3, -0.25) is 9.48 Å². The number of amides is 1. The summed E-state index contributed by atoms with van der Waals surface area (Å²) in [5.41, 5.74) is 2.16. The molecule has 0 radical (unpaired) electrons. The first kappa shape index (κ1) is 15.8. The van der Waals surface area contributed by atoms with E-state index in [9.17, 15) is 4.79 Å². The third-order valence-corrected chi connectivity index (χ3v) is 4.73. The van der Waals surface area contributed by atoms with Crippen molar-refractivity contribution in [1.82, 2.24) is 14.7 Å². The Morgan fingerprint density at radius 1 is 1.39 bits per heavy atom. The lowest BCUT2D eigenvalue weighted by Crippen LogP contribution is -2.42. The van der Waals surface area contributed by atoms with E-state index in [1.165, 1.54) is 0 Å². The quantitative estimate of drug-likeness (QED) is 0.872. The minimum absolute atomic E-state index is 0.162. The Morgan fingerprint density at radius 3 is 2.78 bits per heavy atom. The summed E-state index contributed by atoms with van der Waals surface area (Å²) < 4.78 is 7.59. The molecule has 2 aromatic heterocycles. The molecule has 1 aliphatic heterocycles. The number of carbonyl (C=O) groups excluding carboxylic acids is 1. The molecule has 5 heteroatoms. The zero-order valence-electron chi connectivity index (χ0n) is 14.4. The number of hydrogen-bond donors (Lipinski definition) is 0. The van der Waals surface area contributed by atoms with Crippen LogP contribution in [0.2, 0.25) is 0 Å². The van der Waals surface area contributed by atoms with Gasteiger partial charge in [-0.1, -0.05) is 0 Å². The van der Waals surface area contributed by atoms with Gasteiger partial charge in [0.1, 0.15) is 11.5 Å². The zero-order valence-corrected chi connectivity index (χ0v) is 14.4. The van der Waals surface area contributed by atoms with Gasteiger partial charge in [0.05, 0.1) is 18.2 Å². The van der Waals surface area contributed by atoms with Gasteiger partial charge >= 0.3 is 0 Å². The Balaban J connectivity index is 1.73. The molecule has 5 nitrogen and oxygen atoms in total. The van der Waals surface area contributed by atoms with Crippen LogP contribution >= 0.6 is 0 Å². The number of aromatic nitrogens is 2. The summed E-state index contributed by atoms with van der Waals surface area (Å²) in [7, 11) is 0. The molecule has 0 aliphatic carbocycles. The SMILES string of the molecule is Cc1cnn([C@H]2CCCN(C(=O)[C@H](C)c3cc(C)oc3C)C2)c1. The minimum atomic E-state index is -0.162. The first-order chi connectivity index (χ1) is 11.0. The summed E-state index contributed by atoms with van der Waals surface area (Å²) >= 11 is 0. The maximum Gasteiger partial charge on any atom is 0.230 e. The van der Waals surface area contributed by atoms with E-state index in [1.807, 2.05) is 49.5 Å². The van der Waals surface area contributed by atoms with Crippen LogP contribution in [0.3, 0.4) is 0 Å². The Bertz CT molecular complexity index is 701. The van der Waals surface area contributed by atoms with Gasteiger partial charge < -0.3 is 9.32 Å². The van der Waals surface area contributed by atoms with Crippen molar-refractivity contribution in [2.24, 2.45) is 0 Å². The predicted octanol–water partition coefficient (Wildman–Crippen LogP) is 3.37. The summed E-state index contributed by atoms with van der Waals surface area (Å²) in [5, 5.41) is 4.42. The second-order valence-corrected chi connectivity index (χ2v) is 6.67. The van der Waals surface area contributed by atoms with Crippen molar-refractivity contribution in [2.75, 3.05) is 13.1 Å². The van der Waals surface area contributed by atoms with Gasteiger partial charge in [0.2, 0.25) is 5.91 Å². The van der Waals surface area contributed by atoms with E-state index in [0.717, 1.165) is 48.6 Å². The Morgan fingerprint density at radius 2 is 2.17 bits per heavy atom. The van der Waals surface area contributed by atoms with Gasteiger partial charge in [0, 0.05) is 24.8 Å². The van der Waals surface area contributed by atoms with Gasteiger partial charge in [-0.25, -0.2) is 0 Å². The van der Waals surface area contributed by atoms with Crippen molar-refractivity contribution in [3.8, 4) is 0 Å². The van der Waals surface area contributed by atoms with Crippen LogP contribution in [0.1, 0.15) is 54.4 Å². The number of piperidine rings is 1. The van der Waals surface area contributed by atoms with E-state index in [4.69, 9.17) is 4.42 Å². The monoisotopic (exact) mass is 315 g/mol. The van der Waals surface area contributed by atoms with Crippen molar-refractivity contribution in [3.05, 3.63) is 41.1 Å². The number of furan rings is 1. The number of rotatable bonds is 3. The molecule has 0 aromatic carbocycles. The fraction of sp³-hybridized carbons (Fsp3) is 0.556. The highest BCUT2D eigenvalue weighted by atomic mass is 16.3. The Kier molecular flexibility index (Phi) is 4.28. The van der Waals surface area contributed by atoms with Gasteiger partial charge in [-0.05, 0) is 52.2 Å². The van der Waals surface area contributed by atoms with Crippen LogP contribution in [0.15, 0.2) is 22.9 Å². The van der Waals surface area contributed by atoms with Crippen molar-refractivity contribution < 1.29 is 9.21 Å². The van der Waals surface area contributed by atoms with E-state index in [1.54, 1.807) is 0 Å². The lowest BCUT2D eigenvalue weighted by atomic mass is 9.97. The van der Waals surface area contributed by atoms with Crippen LogP contribution in [-0.4, -0.2) is 33.7 Å². The average Bonchev–Trinajstić information content (AvgIpc) is 3.11. The minimum Gasteiger partial charge on any atom is -0.466 e. The molecule has 0 spiro atoms. The van der Waals surface area contributed by atoms with Crippen LogP contribution < -0.4 is 0 Å². The lowest BCUT2D eigenvalue weighted by molar-refractivity contribution is -0.134. The Hall–Kier alpha value is -2.04. The van der Waals surface area contributed by atoms with Gasteiger partial charge in [-0.15, -0.1) is 0 Å². The molecule has 0 unspecified atom stereocenters. The fourth-order valence-corrected chi connectivity index (χ4v) is 3.49. The van der Waals surface area contributed by atoms with Crippen molar-refractivity contribution in [3.63, 3.8) is 0 Å². The van der Waals surface area contributed by atoms with Gasteiger partial charge in [0.25, 0.3) is 0 Å². The third kappa shape index (κ3) is 3.19. The van der Waals surface area contributed by atoms with Crippen molar-refractivity contribution in [2.45, 2.75) is 52.5 Å². The highest BCUT2D eigenvalue weighted by Gasteiger charge is 2.30. The van der Waals surface area contributed by atoms with Crippen LogP contribution in [0.5, 0.6) is 0 Å². The molecular formula is C18H25N3O2. The molecule has 1 aliphatic rings. The largest absolute Gasteiger partial charge is 0.466 e. The van der Waals surface area contributed by atoms with E-state index >= 15 is 0 Å². The summed E-state index contributed by atoms with van der Waals surface area (Å²) in [6, 6.07) is 2.26. The second-order valence-electron chi connectivity index (χ2n) is 6.67. The standard InChI is InChI=1S/C18H25N3O2/c1-12-9-19-21(10-12)16-6-5-7-20(11-16)18(22)14(3)17-8-13(2)23-15(17)4/h8-10,14,16H,5-7,11H2,1-4H3/t14-,16+/m1/s1. The van der Waals surface area contributed by atoms with Gasteiger partial charge in [-0.2, -0.15) is 5.10 Å². The number of nitrogens with zero attached hydrogens (tertiary/aromatic N) is 3. The summed E-state index contributed by atoms with van der Waals surface area (Å²) in [6.07, 6.45) is 6.03. The molecule has 0 saturated carbocycles. The van der Waals surface area contributed by atoms with E-state index < -0.39 is 0 Å². The number of carbonyl (C=O) groups is 1. The Labute approximate surface area is 137 Å². The summed E-state index contributed by atoms with van der Waals surface area (Å²) in [5.74, 6) is 1.73. The molecular weight excluding hydrogens is 290 g/mol. The molecule has 2 atom stereocenters. The average molecular weight is 315 g/mol. The molecule has 124 valence electrons. The van der Waals surface area contributed by atoms with E-state index in [0.29, 0.717) is 0 Å². The second kappa shape index (κ2) is 6.22. The molecule has 1 amide bonds. The molecule has 2 aromatic rings. The summed E-state index contributed by atoms with van der Waals surface area (Å²) in [4.78, 5) is 14.9. The van der Waals surface area contributed by atoms with Crippen LogP contribution in [0.4, 0.5) is 0 Å². The predicted molar refractivity (Wildman–Crippen MR) is 88.4 cm³/mol. The third-order valence-electron chi connectivity index (χ3n) is 4.73. The van der Waals surface area contributed by atoms with Crippen LogP contribution in [-0.2, 0) is 4.79 Å². The number of hydrogen-bond acceptors (Lipinski definition) is 3. The van der Waals surface area contributed by atoms with Crippen LogP contribution in [0, 0.1) is 20.8 Å². The number of likely N-dealkylation sites (tertiary alicyclic amines) is 1. The molecule has 3 heterocycles. The smallest absolute Gasteiger partial charge is 0.230 e. The lowest BCUT2D eigenvalue weighted by Gasteiger charge is -2.34. The van der Waals surface area contributed by atoms with E-state index in [-0.39, 0.29) is 17.9 Å². The van der Waals surface area contributed by atoms with Crippen LogP contribution in [0.25, 0.3) is 0 Å². The fourth-order valence-electron chi connectivity index (χ4n) is 3.49. The maximum absolute atomic E-state index is 12.9. The molecule has 1 fully saturated rings. The first-order valence-corrected chi connectivity index (χ1v) is 8.32. The van der Waals surface area contributed by atoms with Crippen molar-refractivity contribution >= 4 is 5.91 Å². The molecule has 0 N–H and O–H groups in total. The zero-order chi connectivity index (χ0) is 16.6. The van der Waals surface area contributed by atoms with E-state index in [2.05, 4.69) is 11.3 Å². The maximum atomic E-state index is 12.9. The first-order valence-electron chi connectivity index (χ1n) is 8.32. The van der Waals surface area contributed by atoms with Gasteiger partial charge in [0.15, 0.2) is 0 Å². The summed E-state index contributed by atoms with van der Waals surface area (Å²) in [6.45, 7) is 9.43. The normalized spacial score (nSPS) is 19.8.